The number of aryl methyl sites for hydroxylation is 1. The van der Waals surface area contributed by atoms with E-state index in [1.54, 1.807) is 44.2 Å². The Morgan fingerprint density at radius 3 is 2.43 bits per heavy atom. The van der Waals surface area contributed by atoms with Crippen LogP contribution in [0, 0.1) is 6.92 Å². The minimum Gasteiger partial charge on any atom is -0.488 e. The average molecular weight is 428 g/mol. The number of nitrogens with zero attached hydrogens (tertiary/aromatic N) is 2. The Bertz CT molecular complexity index is 1050. The van der Waals surface area contributed by atoms with E-state index in [2.05, 4.69) is 14.7 Å². The smallest absolute Gasteiger partial charge is 0.257 e. The van der Waals surface area contributed by atoms with Gasteiger partial charge in [0.25, 0.3) is 5.91 Å². The van der Waals surface area contributed by atoms with Crippen LogP contribution in [0.2, 0.25) is 0 Å². The van der Waals surface area contributed by atoms with E-state index < -0.39 is 17.9 Å². The lowest BCUT2D eigenvalue weighted by atomic mass is 10.1. The molecule has 0 bridgehead atoms. The molecular weight excluding hydrogens is 408 g/mol. The summed E-state index contributed by atoms with van der Waals surface area (Å²) in [6, 6.07) is 10.9. The van der Waals surface area contributed by atoms with E-state index >= 15 is 0 Å². The molecule has 0 aliphatic heterocycles. The largest absolute Gasteiger partial charge is 0.488 e. The Hall–Kier alpha value is -3.50. The van der Waals surface area contributed by atoms with Crippen molar-refractivity contribution in [2.75, 3.05) is 11.9 Å². The molecule has 1 aromatic heterocycles. The number of amides is 2. The molecule has 10 heteroatoms. The second-order valence-electron chi connectivity index (χ2n) is 6.40. The summed E-state index contributed by atoms with van der Waals surface area (Å²) in [6.45, 7) is 3.23. The summed E-state index contributed by atoms with van der Waals surface area (Å²) in [6.07, 6.45) is -0.475. The Kier molecular flexibility index (Phi) is 6.60. The number of nitrogens with two attached hydrogens (primary N) is 1. The highest BCUT2D eigenvalue weighted by molar-refractivity contribution is 7.09. The molecule has 4 N–H and O–H groups in total. The Morgan fingerprint density at radius 2 is 1.83 bits per heavy atom. The molecule has 1 atom stereocenters. The topological polar surface area (TPSA) is 137 Å². The lowest BCUT2D eigenvalue weighted by molar-refractivity contribution is 0.0997. The summed E-state index contributed by atoms with van der Waals surface area (Å²) >= 11 is 1.08. The van der Waals surface area contributed by atoms with E-state index in [-0.39, 0.29) is 12.2 Å². The zero-order valence-corrected chi connectivity index (χ0v) is 17.1. The number of carbonyl (C=O) groups excluding carboxylic acids is 2. The highest BCUT2D eigenvalue weighted by Crippen LogP contribution is 2.29. The van der Waals surface area contributed by atoms with Gasteiger partial charge in [-0.1, -0.05) is 0 Å². The van der Waals surface area contributed by atoms with E-state index in [9.17, 15) is 14.7 Å². The molecule has 0 saturated heterocycles. The van der Waals surface area contributed by atoms with Crippen molar-refractivity contribution in [3.63, 3.8) is 0 Å². The maximum absolute atomic E-state index is 12.7. The van der Waals surface area contributed by atoms with E-state index in [1.165, 1.54) is 12.1 Å². The Morgan fingerprint density at radius 1 is 1.13 bits per heavy atom. The number of aliphatic hydroxyl groups is 1. The van der Waals surface area contributed by atoms with Gasteiger partial charge in [-0.25, -0.2) is 4.98 Å². The van der Waals surface area contributed by atoms with Crippen molar-refractivity contribution >= 4 is 28.5 Å². The molecule has 0 spiro atoms. The third-order valence-electron chi connectivity index (χ3n) is 3.86. The summed E-state index contributed by atoms with van der Waals surface area (Å²) < 4.78 is 15.5. The van der Waals surface area contributed by atoms with Crippen LogP contribution in [0.1, 0.15) is 33.5 Å². The van der Waals surface area contributed by atoms with Crippen LogP contribution in [-0.2, 0) is 0 Å². The van der Waals surface area contributed by atoms with Crippen LogP contribution in [0.25, 0.3) is 0 Å². The van der Waals surface area contributed by atoms with Crippen LogP contribution in [-0.4, -0.2) is 39.0 Å². The summed E-state index contributed by atoms with van der Waals surface area (Å²) in [5.41, 5.74) is 5.87. The quantitative estimate of drug-likeness (QED) is 0.502. The van der Waals surface area contributed by atoms with Gasteiger partial charge in [-0.05, 0) is 50.2 Å². The fourth-order valence-electron chi connectivity index (χ4n) is 2.44. The van der Waals surface area contributed by atoms with Crippen molar-refractivity contribution in [1.29, 1.82) is 0 Å². The molecule has 9 nitrogen and oxygen atoms in total. The van der Waals surface area contributed by atoms with Crippen molar-refractivity contribution in [3.05, 3.63) is 59.4 Å². The zero-order valence-electron chi connectivity index (χ0n) is 16.3. The minimum atomic E-state index is -0.541. The van der Waals surface area contributed by atoms with Gasteiger partial charge in [0.05, 0.1) is 6.61 Å². The lowest BCUT2D eigenvalue weighted by Crippen LogP contribution is -2.17. The number of hydrogen-bond acceptors (Lipinski definition) is 8. The van der Waals surface area contributed by atoms with Crippen LogP contribution >= 0.6 is 11.5 Å². The van der Waals surface area contributed by atoms with Crippen LogP contribution in [0.4, 0.5) is 5.13 Å². The van der Waals surface area contributed by atoms with Gasteiger partial charge >= 0.3 is 0 Å². The number of benzene rings is 2. The normalized spacial score (nSPS) is 11.6. The molecule has 0 saturated carbocycles. The fraction of sp³-hybridized carbons (Fsp3) is 0.200. The number of aliphatic hydroxyl groups excluding tert-OH is 1. The molecule has 156 valence electrons. The number of hydrogen-bond donors (Lipinski definition) is 3. The molecule has 2 amide bonds. The van der Waals surface area contributed by atoms with Gasteiger partial charge in [0, 0.05) is 28.7 Å². The van der Waals surface area contributed by atoms with Crippen LogP contribution in [0.5, 0.6) is 17.2 Å². The SMILES string of the molecule is Cc1nsc(NC(=O)c2cc(Oc3ccc(C(N)=O)cc3)cc(O[C@@H](C)CO)c2)n1. The number of aromatic nitrogens is 2. The highest BCUT2D eigenvalue weighted by Gasteiger charge is 2.14. The first-order chi connectivity index (χ1) is 14.3. The van der Waals surface area contributed by atoms with Gasteiger partial charge in [-0.15, -0.1) is 0 Å². The maximum atomic E-state index is 12.7. The predicted molar refractivity (Wildman–Crippen MR) is 111 cm³/mol. The first-order valence-electron chi connectivity index (χ1n) is 8.96. The third kappa shape index (κ3) is 5.52. The number of anilines is 1. The number of carbonyl (C=O) groups is 2. The maximum Gasteiger partial charge on any atom is 0.257 e. The van der Waals surface area contributed by atoms with Crippen LogP contribution in [0.3, 0.4) is 0 Å². The average Bonchev–Trinajstić information content (AvgIpc) is 3.12. The van der Waals surface area contributed by atoms with Gasteiger partial charge < -0.3 is 20.3 Å². The number of ether oxygens (including phenoxy) is 2. The molecule has 2 aromatic carbocycles. The predicted octanol–water partition coefficient (Wildman–Crippen LogP) is 2.75. The van der Waals surface area contributed by atoms with Crippen LogP contribution in [0.15, 0.2) is 42.5 Å². The molecule has 0 fully saturated rings. The Labute approximate surface area is 176 Å². The third-order valence-corrected chi connectivity index (χ3v) is 4.58. The van der Waals surface area contributed by atoms with Crippen molar-refractivity contribution in [1.82, 2.24) is 9.36 Å². The minimum absolute atomic E-state index is 0.189. The van der Waals surface area contributed by atoms with E-state index in [4.69, 9.17) is 15.2 Å². The van der Waals surface area contributed by atoms with Gasteiger partial charge in [-0.3, -0.25) is 14.9 Å². The molecule has 3 aromatic rings. The monoisotopic (exact) mass is 428 g/mol. The Balaban J connectivity index is 1.87. The zero-order chi connectivity index (χ0) is 21.7. The number of nitrogens with one attached hydrogen (secondary N) is 1. The number of rotatable bonds is 8. The first kappa shape index (κ1) is 21.2. The van der Waals surface area contributed by atoms with E-state index in [0.29, 0.717) is 33.8 Å². The first-order valence-corrected chi connectivity index (χ1v) is 9.73. The molecule has 3 rings (SSSR count). The molecule has 0 unspecified atom stereocenters. The van der Waals surface area contributed by atoms with E-state index in [0.717, 1.165) is 11.5 Å². The molecule has 30 heavy (non-hydrogen) atoms. The van der Waals surface area contributed by atoms with Crippen molar-refractivity contribution < 1.29 is 24.2 Å². The molecule has 0 aliphatic rings. The second kappa shape index (κ2) is 9.33. The van der Waals surface area contributed by atoms with Crippen molar-refractivity contribution in [3.8, 4) is 17.2 Å². The second-order valence-corrected chi connectivity index (χ2v) is 7.15. The van der Waals surface area contributed by atoms with Gasteiger partial charge in [0.1, 0.15) is 29.2 Å². The van der Waals surface area contributed by atoms with E-state index in [1.807, 2.05) is 0 Å². The van der Waals surface area contributed by atoms with Crippen LogP contribution < -0.4 is 20.5 Å². The summed E-state index contributed by atoms with van der Waals surface area (Å²) in [4.78, 5) is 28.0. The van der Waals surface area contributed by atoms with Gasteiger partial charge in [-0.2, -0.15) is 4.37 Å². The molecule has 0 radical (unpaired) electrons. The summed E-state index contributed by atoms with van der Waals surface area (Å²) in [7, 11) is 0. The van der Waals surface area contributed by atoms with Gasteiger partial charge in [0.15, 0.2) is 0 Å². The molecular formula is C20H20N4O5S. The molecule has 0 aliphatic carbocycles. The molecule has 1 heterocycles. The standard InChI is InChI=1S/C20H20N4O5S/c1-11(10-25)28-16-7-14(19(27)23-20-22-12(2)24-30-20)8-17(9-16)29-15-5-3-13(4-6-15)18(21)26/h3-9,11,25H,10H2,1-2H3,(H2,21,26)(H,22,23,24,27)/t11-/m0/s1. The van der Waals surface area contributed by atoms with Gasteiger partial charge in [0.2, 0.25) is 11.0 Å². The fourth-order valence-corrected chi connectivity index (χ4v) is 3.01. The summed E-state index contributed by atoms with van der Waals surface area (Å²) in [5.74, 6) is 0.735. The van der Waals surface area contributed by atoms with Crippen molar-refractivity contribution in [2.24, 2.45) is 5.73 Å². The lowest BCUT2D eigenvalue weighted by Gasteiger charge is -2.15. The summed E-state index contributed by atoms with van der Waals surface area (Å²) in [5, 5.41) is 12.3. The highest BCUT2D eigenvalue weighted by atomic mass is 32.1. The van der Waals surface area contributed by atoms with Crippen molar-refractivity contribution in [2.45, 2.75) is 20.0 Å². The number of primary amides is 1.